The van der Waals surface area contributed by atoms with E-state index in [1.807, 2.05) is 13.0 Å². The van der Waals surface area contributed by atoms with E-state index in [1.165, 1.54) is 13.0 Å². The Morgan fingerprint density at radius 1 is 1.48 bits per heavy atom. The third kappa shape index (κ3) is 6.58. The van der Waals surface area contributed by atoms with Crippen molar-refractivity contribution in [3.63, 3.8) is 0 Å². The van der Waals surface area contributed by atoms with Gasteiger partial charge in [-0.3, -0.25) is 9.59 Å². The highest BCUT2D eigenvalue weighted by atomic mass is 16.5. The molecule has 5 heteroatoms. The van der Waals surface area contributed by atoms with E-state index in [4.69, 9.17) is 9.47 Å². The smallest absolute Gasteiger partial charge is 0.303 e. The highest BCUT2D eigenvalue weighted by Gasteiger charge is 2.28. The summed E-state index contributed by atoms with van der Waals surface area (Å²) in [5.41, 5.74) is 0. The maximum atomic E-state index is 11.8. The second-order valence-corrected chi connectivity index (χ2v) is 5.35. The number of hydrogen-bond donors (Lipinski definition) is 1. The normalized spacial score (nSPS) is 27.1. The summed E-state index contributed by atoms with van der Waals surface area (Å²) in [7, 11) is 0. The van der Waals surface area contributed by atoms with Gasteiger partial charge in [0.2, 0.25) is 5.91 Å². The number of nitrogens with one attached hydrogen (secondary N) is 1. The van der Waals surface area contributed by atoms with Crippen molar-refractivity contribution in [3.8, 4) is 0 Å². The Morgan fingerprint density at radius 2 is 2.19 bits per heavy atom. The van der Waals surface area contributed by atoms with Crippen LogP contribution in [-0.2, 0) is 19.1 Å². The van der Waals surface area contributed by atoms with Crippen LogP contribution < -0.4 is 5.32 Å². The number of esters is 1. The Hall–Kier alpha value is -1.62. The molecule has 1 aliphatic rings. The van der Waals surface area contributed by atoms with E-state index in [0.29, 0.717) is 0 Å². The van der Waals surface area contributed by atoms with Crippen molar-refractivity contribution in [2.75, 3.05) is 0 Å². The predicted molar refractivity (Wildman–Crippen MR) is 80.7 cm³/mol. The van der Waals surface area contributed by atoms with Crippen LogP contribution in [0.15, 0.2) is 24.8 Å². The summed E-state index contributed by atoms with van der Waals surface area (Å²) in [6, 6.07) is 0.00671. The first kappa shape index (κ1) is 17.4. The molecule has 118 valence electrons. The summed E-state index contributed by atoms with van der Waals surface area (Å²) in [4.78, 5) is 22.6. The zero-order valence-electron chi connectivity index (χ0n) is 13.0. The van der Waals surface area contributed by atoms with Gasteiger partial charge in [0.25, 0.3) is 0 Å². The van der Waals surface area contributed by atoms with Crippen LogP contribution in [0.4, 0.5) is 0 Å². The summed E-state index contributed by atoms with van der Waals surface area (Å²) < 4.78 is 10.8. The zero-order valence-corrected chi connectivity index (χ0v) is 13.0. The molecule has 1 heterocycles. The Morgan fingerprint density at radius 3 is 2.76 bits per heavy atom. The largest absolute Gasteiger partial charge is 0.459 e. The van der Waals surface area contributed by atoms with Gasteiger partial charge in [-0.05, 0) is 39.2 Å². The van der Waals surface area contributed by atoms with Gasteiger partial charge in [0, 0.05) is 13.0 Å². The van der Waals surface area contributed by atoms with Gasteiger partial charge in [-0.1, -0.05) is 6.08 Å². The first-order valence-corrected chi connectivity index (χ1v) is 7.34. The molecule has 0 spiro atoms. The molecular weight excluding hydrogens is 270 g/mol. The number of rotatable bonds is 6. The van der Waals surface area contributed by atoms with Crippen molar-refractivity contribution >= 4 is 11.9 Å². The minimum Gasteiger partial charge on any atom is -0.459 e. The Kier molecular flexibility index (Phi) is 7.15. The standard InChI is InChI=1S/C16H25NO4/c1-5-6-14-8-9-15(12(3)21-14)17-16(19)10-7-11(2)20-13(4)18/h5,7,10-12,14-15H,1,6,8-9H2,2-4H3,(H,17,19)/b10-7-/t11-,12+,14-,15?/m0/s1. The SMILES string of the molecule is C=CC[C@H]1CCC(NC(=O)/C=C\[C@H](C)OC(C)=O)[C@@H](C)O1. The van der Waals surface area contributed by atoms with Crippen molar-refractivity contribution in [1.29, 1.82) is 0 Å². The fourth-order valence-corrected chi connectivity index (χ4v) is 2.37. The lowest BCUT2D eigenvalue weighted by atomic mass is 9.97. The van der Waals surface area contributed by atoms with Gasteiger partial charge in [0.15, 0.2) is 0 Å². The second kappa shape index (κ2) is 8.62. The lowest BCUT2D eigenvalue weighted by Gasteiger charge is -2.34. The molecule has 0 aliphatic carbocycles. The van der Waals surface area contributed by atoms with Crippen molar-refractivity contribution in [1.82, 2.24) is 5.32 Å². The van der Waals surface area contributed by atoms with E-state index in [1.54, 1.807) is 13.0 Å². The number of carbonyl (C=O) groups excluding carboxylic acids is 2. The minimum absolute atomic E-state index is 0.00671. The van der Waals surface area contributed by atoms with Crippen LogP contribution in [0.2, 0.25) is 0 Å². The van der Waals surface area contributed by atoms with E-state index in [2.05, 4.69) is 11.9 Å². The summed E-state index contributed by atoms with van der Waals surface area (Å²) >= 11 is 0. The van der Waals surface area contributed by atoms with Crippen molar-refractivity contribution in [2.24, 2.45) is 0 Å². The molecule has 1 fully saturated rings. The zero-order chi connectivity index (χ0) is 15.8. The maximum absolute atomic E-state index is 11.8. The molecule has 1 amide bonds. The quantitative estimate of drug-likeness (QED) is 0.463. The second-order valence-electron chi connectivity index (χ2n) is 5.35. The van der Waals surface area contributed by atoms with Crippen LogP contribution in [0.25, 0.3) is 0 Å². The molecule has 0 radical (unpaired) electrons. The monoisotopic (exact) mass is 295 g/mol. The van der Waals surface area contributed by atoms with E-state index in [-0.39, 0.29) is 30.1 Å². The van der Waals surface area contributed by atoms with E-state index in [9.17, 15) is 9.59 Å². The molecule has 1 aliphatic heterocycles. The van der Waals surface area contributed by atoms with Gasteiger partial charge < -0.3 is 14.8 Å². The molecule has 4 atom stereocenters. The first-order chi connectivity index (χ1) is 9.92. The van der Waals surface area contributed by atoms with Gasteiger partial charge in [-0.25, -0.2) is 0 Å². The van der Waals surface area contributed by atoms with Crippen LogP contribution in [0.1, 0.15) is 40.0 Å². The van der Waals surface area contributed by atoms with Crippen molar-refractivity contribution in [3.05, 3.63) is 24.8 Å². The van der Waals surface area contributed by atoms with E-state index in [0.717, 1.165) is 19.3 Å². The predicted octanol–water partition coefficient (Wildman–Crippen LogP) is 2.12. The lowest BCUT2D eigenvalue weighted by molar-refractivity contribution is -0.143. The molecule has 1 N–H and O–H groups in total. The Balaban J connectivity index is 2.39. The summed E-state index contributed by atoms with van der Waals surface area (Å²) in [5.74, 6) is -0.563. The van der Waals surface area contributed by atoms with Crippen LogP contribution in [0.3, 0.4) is 0 Å². The van der Waals surface area contributed by atoms with Crippen molar-refractivity contribution < 1.29 is 19.1 Å². The Labute approximate surface area is 126 Å². The summed E-state index contributed by atoms with van der Waals surface area (Å²) in [6.07, 6.45) is 7.22. The topological polar surface area (TPSA) is 64.6 Å². The molecule has 0 aromatic rings. The third-order valence-electron chi connectivity index (χ3n) is 3.40. The van der Waals surface area contributed by atoms with Gasteiger partial charge >= 0.3 is 5.97 Å². The first-order valence-electron chi connectivity index (χ1n) is 7.34. The van der Waals surface area contributed by atoms with Gasteiger partial charge in [-0.2, -0.15) is 0 Å². The maximum Gasteiger partial charge on any atom is 0.303 e. The average Bonchev–Trinajstić information content (AvgIpc) is 2.39. The lowest BCUT2D eigenvalue weighted by Crippen LogP contribution is -2.47. The molecule has 1 rings (SSSR count). The molecule has 5 nitrogen and oxygen atoms in total. The van der Waals surface area contributed by atoms with Crippen LogP contribution in [0, 0.1) is 0 Å². The molecular formula is C16H25NO4. The van der Waals surface area contributed by atoms with Crippen LogP contribution in [0.5, 0.6) is 0 Å². The fourth-order valence-electron chi connectivity index (χ4n) is 2.37. The molecule has 1 saturated heterocycles. The van der Waals surface area contributed by atoms with Gasteiger partial charge in [0.1, 0.15) is 6.10 Å². The number of amides is 1. The number of carbonyl (C=O) groups is 2. The Bertz CT molecular complexity index is 405. The fraction of sp³-hybridized carbons (Fsp3) is 0.625. The van der Waals surface area contributed by atoms with Crippen LogP contribution in [-0.4, -0.2) is 36.2 Å². The number of hydrogen-bond acceptors (Lipinski definition) is 4. The van der Waals surface area contributed by atoms with E-state index < -0.39 is 6.10 Å². The summed E-state index contributed by atoms with van der Waals surface area (Å²) in [5, 5.41) is 2.92. The molecule has 0 bridgehead atoms. The number of ether oxygens (including phenoxy) is 2. The van der Waals surface area contributed by atoms with E-state index >= 15 is 0 Å². The molecule has 21 heavy (non-hydrogen) atoms. The highest BCUT2D eigenvalue weighted by Crippen LogP contribution is 2.21. The molecule has 1 unspecified atom stereocenters. The average molecular weight is 295 g/mol. The van der Waals surface area contributed by atoms with Crippen molar-refractivity contribution in [2.45, 2.75) is 64.4 Å². The highest BCUT2D eigenvalue weighted by molar-refractivity contribution is 5.87. The molecule has 0 aromatic carbocycles. The molecule has 0 aromatic heterocycles. The summed E-state index contributed by atoms with van der Waals surface area (Å²) in [6.45, 7) is 8.72. The third-order valence-corrected chi connectivity index (χ3v) is 3.40. The van der Waals surface area contributed by atoms with Gasteiger partial charge in [-0.15, -0.1) is 6.58 Å². The minimum atomic E-state index is -0.412. The van der Waals surface area contributed by atoms with Gasteiger partial charge in [0.05, 0.1) is 18.2 Å². The van der Waals surface area contributed by atoms with Crippen LogP contribution >= 0.6 is 0 Å². The molecule has 0 saturated carbocycles.